The highest BCUT2D eigenvalue weighted by molar-refractivity contribution is 7.89. The number of hydrogen-bond donors (Lipinski definition) is 1. The highest BCUT2D eigenvalue weighted by Gasteiger charge is 2.34. The molecule has 21 heavy (non-hydrogen) atoms. The number of nitrogens with zero attached hydrogens (tertiary/aromatic N) is 2. The summed E-state index contributed by atoms with van der Waals surface area (Å²) < 4.78 is 29.1. The molecule has 1 saturated heterocycles. The van der Waals surface area contributed by atoms with E-state index in [1.165, 1.54) is 0 Å². The quantitative estimate of drug-likeness (QED) is 0.906. The smallest absolute Gasteiger partial charge is 0.244 e. The lowest BCUT2D eigenvalue weighted by molar-refractivity contribution is 0.388. The molecule has 6 heteroatoms. The molecule has 2 N–H and O–H groups in total. The van der Waals surface area contributed by atoms with E-state index in [1.54, 1.807) is 16.6 Å². The topological polar surface area (TPSA) is 68.3 Å². The van der Waals surface area contributed by atoms with E-state index < -0.39 is 10.0 Å². The van der Waals surface area contributed by atoms with Crippen LogP contribution in [0.25, 0.3) is 0 Å². The molecule has 2 heterocycles. The average molecular weight is 313 g/mol. The second-order valence-corrected chi connectivity index (χ2v) is 8.47. The van der Waals surface area contributed by atoms with Crippen LogP contribution in [0, 0.1) is 11.8 Å². The molecular weight excluding hydrogens is 286 g/mol. The maximum absolute atomic E-state index is 12.8. The van der Waals surface area contributed by atoms with Crippen LogP contribution in [0.5, 0.6) is 0 Å². The Morgan fingerprint density at radius 3 is 2.43 bits per heavy atom. The normalized spacial score (nSPS) is 20.8. The molecule has 1 aromatic rings. The van der Waals surface area contributed by atoms with Crippen molar-refractivity contribution in [1.29, 1.82) is 0 Å². The molecule has 0 amide bonds. The van der Waals surface area contributed by atoms with E-state index in [-0.39, 0.29) is 6.04 Å². The standard InChI is InChI=1S/C15H27N3O2S/c1-11(2)13-5-6-17(9-13)21(19,20)15-7-14(8-16)18(10-15)12(3)4/h7,10-13H,5-6,8-9,16H2,1-4H3. The van der Waals surface area contributed by atoms with Crippen molar-refractivity contribution in [2.75, 3.05) is 13.1 Å². The molecule has 2 rings (SSSR count). The summed E-state index contributed by atoms with van der Waals surface area (Å²) in [6.07, 6.45) is 2.68. The van der Waals surface area contributed by atoms with Crippen LogP contribution in [0.4, 0.5) is 0 Å². The van der Waals surface area contributed by atoms with Gasteiger partial charge in [-0.25, -0.2) is 8.42 Å². The summed E-state index contributed by atoms with van der Waals surface area (Å²) in [5, 5.41) is 0. The Hall–Kier alpha value is -0.850. The van der Waals surface area contributed by atoms with E-state index in [9.17, 15) is 8.42 Å². The molecule has 0 spiro atoms. The molecule has 1 aliphatic rings. The fraction of sp³-hybridized carbons (Fsp3) is 0.733. The van der Waals surface area contributed by atoms with Crippen molar-refractivity contribution in [3.8, 4) is 0 Å². The van der Waals surface area contributed by atoms with Crippen molar-refractivity contribution in [1.82, 2.24) is 8.87 Å². The second-order valence-electron chi connectivity index (χ2n) is 6.53. The predicted molar refractivity (Wildman–Crippen MR) is 84.4 cm³/mol. The van der Waals surface area contributed by atoms with Crippen molar-refractivity contribution >= 4 is 10.0 Å². The third kappa shape index (κ3) is 3.17. The average Bonchev–Trinajstić information content (AvgIpc) is 3.06. The lowest BCUT2D eigenvalue weighted by Crippen LogP contribution is -2.29. The Morgan fingerprint density at radius 2 is 2.00 bits per heavy atom. The molecule has 120 valence electrons. The van der Waals surface area contributed by atoms with Crippen LogP contribution in [0.15, 0.2) is 17.2 Å². The van der Waals surface area contributed by atoms with E-state index in [1.807, 2.05) is 18.4 Å². The Kier molecular flexibility index (Phi) is 4.80. The number of sulfonamides is 1. The number of rotatable bonds is 5. The van der Waals surface area contributed by atoms with E-state index >= 15 is 0 Å². The fourth-order valence-electron chi connectivity index (χ4n) is 2.95. The van der Waals surface area contributed by atoms with Gasteiger partial charge in [-0.15, -0.1) is 0 Å². The molecule has 1 aromatic heterocycles. The van der Waals surface area contributed by atoms with Gasteiger partial charge in [-0.2, -0.15) is 4.31 Å². The van der Waals surface area contributed by atoms with Crippen molar-refractivity contribution in [2.24, 2.45) is 17.6 Å². The summed E-state index contributed by atoms with van der Waals surface area (Å²) in [6, 6.07) is 1.92. The first kappa shape index (κ1) is 16.5. The van der Waals surface area contributed by atoms with Gasteiger partial charge in [0.15, 0.2) is 0 Å². The van der Waals surface area contributed by atoms with E-state index in [4.69, 9.17) is 5.73 Å². The highest BCUT2D eigenvalue weighted by Crippen LogP contribution is 2.29. The van der Waals surface area contributed by atoms with Gasteiger partial charge in [0.1, 0.15) is 4.90 Å². The zero-order valence-electron chi connectivity index (χ0n) is 13.4. The molecule has 1 atom stereocenters. The van der Waals surface area contributed by atoms with Crippen LogP contribution in [-0.4, -0.2) is 30.4 Å². The first-order valence-electron chi connectivity index (χ1n) is 7.68. The maximum Gasteiger partial charge on any atom is 0.244 e. The third-order valence-electron chi connectivity index (χ3n) is 4.44. The SMILES string of the molecule is CC(C)C1CCN(S(=O)(=O)c2cc(CN)n(C(C)C)c2)C1. The molecule has 0 aliphatic carbocycles. The van der Waals surface area contributed by atoms with E-state index in [0.29, 0.717) is 36.4 Å². The predicted octanol–water partition coefficient (Wildman–Crippen LogP) is 2.19. The summed E-state index contributed by atoms with van der Waals surface area (Å²) in [4.78, 5) is 0.376. The van der Waals surface area contributed by atoms with Gasteiger partial charge in [-0.05, 0) is 38.2 Å². The molecule has 1 fully saturated rings. The molecule has 5 nitrogen and oxygen atoms in total. The fourth-order valence-corrected chi connectivity index (χ4v) is 4.51. The van der Waals surface area contributed by atoms with Gasteiger partial charge in [-0.1, -0.05) is 13.8 Å². The molecule has 0 bridgehead atoms. The van der Waals surface area contributed by atoms with Gasteiger partial charge in [-0.3, -0.25) is 0 Å². The number of nitrogens with two attached hydrogens (primary N) is 1. The minimum absolute atomic E-state index is 0.203. The van der Waals surface area contributed by atoms with Gasteiger partial charge >= 0.3 is 0 Å². The van der Waals surface area contributed by atoms with Crippen LogP contribution in [-0.2, 0) is 16.6 Å². The molecule has 1 unspecified atom stereocenters. The molecule has 0 radical (unpaired) electrons. The van der Waals surface area contributed by atoms with Crippen LogP contribution in [0.2, 0.25) is 0 Å². The Bertz CT molecular complexity index is 590. The zero-order valence-corrected chi connectivity index (χ0v) is 14.2. The summed E-state index contributed by atoms with van der Waals surface area (Å²) >= 11 is 0. The minimum atomic E-state index is -3.39. The zero-order chi connectivity index (χ0) is 15.8. The van der Waals surface area contributed by atoms with Crippen molar-refractivity contribution in [2.45, 2.75) is 51.6 Å². The van der Waals surface area contributed by atoms with E-state index in [0.717, 1.165) is 12.1 Å². The summed E-state index contributed by atoms with van der Waals surface area (Å²) in [6.45, 7) is 9.97. The number of hydrogen-bond acceptors (Lipinski definition) is 3. The van der Waals surface area contributed by atoms with Crippen LogP contribution in [0.3, 0.4) is 0 Å². The van der Waals surface area contributed by atoms with Gasteiger partial charge in [0.05, 0.1) is 0 Å². The lowest BCUT2D eigenvalue weighted by atomic mass is 9.96. The first-order chi connectivity index (χ1) is 9.77. The maximum atomic E-state index is 12.8. The monoisotopic (exact) mass is 313 g/mol. The van der Waals surface area contributed by atoms with Crippen LogP contribution < -0.4 is 5.73 Å². The first-order valence-corrected chi connectivity index (χ1v) is 9.12. The second kappa shape index (κ2) is 6.10. The Labute approximate surface area is 128 Å². The highest BCUT2D eigenvalue weighted by atomic mass is 32.2. The molecule has 1 aliphatic heterocycles. The van der Waals surface area contributed by atoms with Gasteiger partial charge in [0, 0.05) is 37.6 Å². The minimum Gasteiger partial charge on any atom is -0.346 e. The summed E-state index contributed by atoms with van der Waals surface area (Å²) in [5.41, 5.74) is 6.60. The van der Waals surface area contributed by atoms with Crippen LogP contribution >= 0.6 is 0 Å². The molecular formula is C15H27N3O2S. The van der Waals surface area contributed by atoms with E-state index in [2.05, 4.69) is 13.8 Å². The van der Waals surface area contributed by atoms with Gasteiger partial charge in [0.25, 0.3) is 0 Å². The Morgan fingerprint density at radius 1 is 1.33 bits per heavy atom. The largest absolute Gasteiger partial charge is 0.346 e. The van der Waals surface area contributed by atoms with Crippen molar-refractivity contribution in [3.63, 3.8) is 0 Å². The van der Waals surface area contributed by atoms with Crippen molar-refractivity contribution in [3.05, 3.63) is 18.0 Å². The number of aromatic nitrogens is 1. The van der Waals surface area contributed by atoms with Crippen LogP contribution in [0.1, 0.15) is 45.9 Å². The Balaban J connectivity index is 2.28. The lowest BCUT2D eigenvalue weighted by Gasteiger charge is -2.17. The molecule has 0 saturated carbocycles. The molecule has 0 aromatic carbocycles. The van der Waals surface area contributed by atoms with Gasteiger partial charge in [0.2, 0.25) is 10.0 Å². The third-order valence-corrected chi connectivity index (χ3v) is 6.27. The summed E-state index contributed by atoms with van der Waals surface area (Å²) in [5.74, 6) is 0.978. The van der Waals surface area contributed by atoms with Gasteiger partial charge < -0.3 is 10.3 Å². The summed E-state index contributed by atoms with van der Waals surface area (Å²) in [7, 11) is -3.39. The van der Waals surface area contributed by atoms with Crippen molar-refractivity contribution < 1.29 is 8.42 Å².